The fourth-order valence-electron chi connectivity index (χ4n) is 3.28. The number of rotatable bonds is 6. The minimum Gasteiger partial charge on any atom is -0.347 e. The van der Waals surface area contributed by atoms with Crippen molar-refractivity contribution in [2.75, 3.05) is 0 Å². The summed E-state index contributed by atoms with van der Waals surface area (Å²) in [6.07, 6.45) is 2.70. The van der Waals surface area contributed by atoms with Crippen LogP contribution in [-0.4, -0.2) is 23.4 Å². The average Bonchev–Trinajstić information content (AvgIpc) is 3.18. The van der Waals surface area contributed by atoms with Crippen molar-refractivity contribution in [3.05, 3.63) is 58.6 Å². The largest absolute Gasteiger partial charge is 0.347 e. The molecule has 1 aliphatic heterocycles. The van der Waals surface area contributed by atoms with E-state index >= 15 is 0 Å². The summed E-state index contributed by atoms with van der Waals surface area (Å²) >= 11 is 6.06. The number of hydrogen-bond donors (Lipinski definition) is 1. The van der Waals surface area contributed by atoms with Crippen molar-refractivity contribution in [2.24, 2.45) is 16.1 Å². The Kier molecular flexibility index (Phi) is 6.23. The molecular formula is C24H28ClN3O. The van der Waals surface area contributed by atoms with E-state index in [1.165, 1.54) is 0 Å². The van der Waals surface area contributed by atoms with Crippen molar-refractivity contribution < 1.29 is 4.79 Å². The molecule has 0 spiro atoms. The van der Waals surface area contributed by atoms with Crippen LogP contribution in [-0.2, 0) is 0 Å². The lowest BCUT2D eigenvalue weighted by molar-refractivity contribution is 0.0911. The number of amides is 1. The Morgan fingerprint density at radius 1 is 1.14 bits per heavy atom. The Morgan fingerprint density at radius 2 is 1.83 bits per heavy atom. The molecule has 0 radical (unpaired) electrons. The molecule has 1 N–H and O–H groups in total. The zero-order valence-corrected chi connectivity index (χ0v) is 18.4. The molecule has 3 rings (SSSR count). The second kappa shape index (κ2) is 8.50. The van der Waals surface area contributed by atoms with Gasteiger partial charge in [-0.15, -0.1) is 0 Å². The molecule has 0 aliphatic carbocycles. The second-order valence-electron chi connectivity index (χ2n) is 8.46. The van der Waals surface area contributed by atoms with Gasteiger partial charge >= 0.3 is 0 Å². The number of halogens is 1. The van der Waals surface area contributed by atoms with Crippen LogP contribution in [0.5, 0.6) is 0 Å². The van der Waals surface area contributed by atoms with Crippen molar-refractivity contribution in [3.8, 4) is 11.1 Å². The zero-order valence-electron chi connectivity index (χ0n) is 17.7. The van der Waals surface area contributed by atoms with Crippen LogP contribution in [0.3, 0.4) is 0 Å². The van der Waals surface area contributed by atoms with Crippen LogP contribution < -0.4 is 5.32 Å². The summed E-state index contributed by atoms with van der Waals surface area (Å²) in [6.45, 7) is 10.3. The van der Waals surface area contributed by atoms with Gasteiger partial charge in [-0.1, -0.05) is 50.6 Å². The quantitative estimate of drug-likeness (QED) is 0.615. The average molecular weight is 410 g/mol. The second-order valence-corrected chi connectivity index (χ2v) is 8.90. The van der Waals surface area contributed by atoms with E-state index in [1.807, 2.05) is 56.5 Å². The predicted molar refractivity (Wildman–Crippen MR) is 122 cm³/mol. The van der Waals surface area contributed by atoms with Gasteiger partial charge in [-0.05, 0) is 67.1 Å². The van der Waals surface area contributed by atoms with E-state index in [4.69, 9.17) is 11.6 Å². The Morgan fingerprint density at radius 3 is 2.45 bits per heavy atom. The highest BCUT2D eigenvalue weighted by Gasteiger charge is 2.26. The van der Waals surface area contributed by atoms with Gasteiger partial charge in [0.05, 0.1) is 11.6 Å². The van der Waals surface area contributed by atoms with Crippen molar-refractivity contribution in [3.63, 3.8) is 0 Å². The molecule has 29 heavy (non-hydrogen) atoms. The molecule has 0 saturated heterocycles. The molecule has 2 aromatic carbocycles. The summed E-state index contributed by atoms with van der Waals surface area (Å²) < 4.78 is 0. The number of nitrogens with one attached hydrogen (secondary N) is 1. The van der Waals surface area contributed by atoms with E-state index in [0.29, 0.717) is 10.6 Å². The van der Waals surface area contributed by atoms with E-state index in [0.717, 1.165) is 28.8 Å². The van der Waals surface area contributed by atoms with Gasteiger partial charge in [0.2, 0.25) is 0 Å². The number of carbonyl (C=O) groups excluding carboxylic acids is 1. The van der Waals surface area contributed by atoms with Crippen molar-refractivity contribution in [1.29, 1.82) is 0 Å². The maximum atomic E-state index is 13.0. The Bertz CT molecular complexity index is 959. The van der Waals surface area contributed by atoms with E-state index < -0.39 is 0 Å². The van der Waals surface area contributed by atoms with Crippen LogP contribution >= 0.6 is 11.6 Å². The standard InChI is InChI=1S/C24H28ClN3O/c1-6-24(4,5)27-23(29)19-12-17(16-7-9-20(25)10-8-16)11-18(13-19)21-14-26-28-22(21)15(2)3/h7-15,21H,6H2,1-5H3,(H,27,29). The fourth-order valence-corrected chi connectivity index (χ4v) is 3.40. The molecule has 1 unspecified atom stereocenters. The molecule has 1 amide bonds. The van der Waals surface area contributed by atoms with Gasteiger partial charge in [0, 0.05) is 22.3 Å². The van der Waals surface area contributed by atoms with Gasteiger partial charge in [0.1, 0.15) is 0 Å². The van der Waals surface area contributed by atoms with E-state index in [9.17, 15) is 4.79 Å². The van der Waals surface area contributed by atoms with Gasteiger partial charge in [0.15, 0.2) is 0 Å². The molecule has 5 heteroatoms. The van der Waals surface area contributed by atoms with Crippen molar-refractivity contribution in [1.82, 2.24) is 5.32 Å². The molecular weight excluding hydrogens is 382 g/mol. The lowest BCUT2D eigenvalue weighted by Gasteiger charge is -2.25. The summed E-state index contributed by atoms with van der Waals surface area (Å²) in [5, 5.41) is 12.3. The minimum atomic E-state index is -0.271. The molecule has 0 aromatic heterocycles. The van der Waals surface area contributed by atoms with Crippen LogP contribution in [0.15, 0.2) is 52.7 Å². The third-order valence-corrected chi connectivity index (χ3v) is 5.64. The van der Waals surface area contributed by atoms with Gasteiger partial charge in [-0.25, -0.2) is 0 Å². The lowest BCUT2D eigenvalue weighted by Crippen LogP contribution is -2.42. The van der Waals surface area contributed by atoms with Gasteiger partial charge in [-0.3, -0.25) is 4.79 Å². The van der Waals surface area contributed by atoms with Crippen LogP contribution in [0.2, 0.25) is 5.02 Å². The molecule has 0 fully saturated rings. The highest BCUT2D eigenvalue weighted by atomic mass is 35.5. The number of nitrogens with zero attached hydrogens (tertiary/aromatic N) is 2. The molecule has 1 heterocycles. The molecule has 0 saturated carbocycles. The summed E-state index contributed by atoms with van der Waals surface area (Å²) in [7, 11) is 0. The van der Waals surface area contributed by atoms with Crippen LogP contribution in [0.4, 0.5) is 0 Å². The van der Waals surface area contributed by atoms with Crippen LogP contribution in [0.1, 0.15) is 62.9 Å². The van der Waals surface area contributed by atoms with E-state index in [-0.39, 0.29) is 23.3 Å². The minimum absolute atomic E-state index is 0.0204. The Hall–Kier alpha value is -2.46. The van der Waals surface area contributed by atoms with E-state index in [1.54, 1.807) is 0 Å². The first-order valence-electron chi connectivity index (χ1n) is 10.0. The maximum absolute atomic E-state index is 13.0. The van der Waals surface area contributed by atoms with Crippen LogP contribution in [0, 0.1) is 5.92 Å². The number of hydrogen-bond acceptors (Lipinski definition) is 3. The molecule has 2 aromatic rings. The first kappa shape index (κ1) is 21.3. The van der Waals surface area contributed by atoms with Gasteiger partial charge < -0.3 is 5.32 Å². The first-order valence-corrected chi connectivity index (χ1v) is 10.4. The number of benzene rings is 2. The number of carbonyl (C=O) groups is 1. The highest BCUT2D eigenvalue weighted by Crippen LogP contribution is 2.30. The monoisotopic (exact) mass is 409 g/mol. The van der Waals surface area contributed by atoms with Crippen molar-refractivity contribution in [2.45, 2.75) is 52.5 Å². The maximum Gasteiger partial charge on any atom is 0.251 e. The summed E-state index contributed by atoms with van der Waals surface area (Å²) in [4.78, 5) is 13.0. The normalized spacial score (nSPS) is 16.2. The van der Waals surface area contributed by atoms with Gasteiger partial charge in [0.25, 0.3) is 5.91 Å². The third kappa shape index (κ3) is 4.94. The first-order chi connectivity index (χ1) is 13.7. The Balaban J connectivity index is 2.07. The predicted octanol–water partition coefficient (Wildman–Crippen LogP) is 6.11. The molecule has 0 bridgehead atoms. The third-order valence-electron chi connectivity index (χ3n) is 5.39. The lowest BCUT2D eigenvalue weighted by atomic mass is 9.86. The summed E-state index contributed by atoms with van der Waals surface area (Å²) in [5.41, 5.74) is 4.38. The Labute approximate surface area is 178 Å². The van der Waals surface area contributed by atoms with Crippen LogP contribution in [0.25, 0.3) is 11.1 Å². The smallest absolute Gasteiger partial charge is 0.251 e. The van der Waals surface area contributed by atoms with Crippen molar-refractivity contribution >= 4 is 29.4 Å². The topological polar surface area (TPSA) is 53.8 Å². The molecule has 1 atom stereocenters. The molecule has 4 nitrogen and oxygen atoms in total. The highest BCUT2D eigenvalue weighted by molar-refractivity contribution is 6.30. The SMILES string of the molecule is CCC(C)(C)NC(=O)c1cc(-c2ccc(Cl)cc2)cc(C2C=NN=C2C(C)C)c1. The van der Waals surface area contributed by atoms with E-state index in [2.05, 4.69) is 42.4 Å². The fraction of sp³-hybridized carbons (Fsp3) is 0.375. The molecule has 152 valence electrons. The van der Waals surface area contributed by atoms with Gasteiger partial charge in [-0.2, -0.15) is 10.2 Å². The summed E-state index contributed by atoms with van der Waals surface area (Å²) in [6, 6.07) is 13.7. The zero-order chi connectivity index (χ0) is 21.2. The summed E-state index contributed by atoms with van der Waals surface area (Å²) in [5.74, 6) is 0.179. The molecule has 1 aliphatic rings.